The molecule has 0 unspecified atom stereocenters. The number of benzene rings is 7. The molecule has 0 N–H and O–H groups in total. The standard InChI is InChI=1S/C51H47N3Si2/c1-55(2,3)47-28-24-37(25-29-47)40-17-11-21-44(33-40)49-52-50(45-22-12-18-41(34-45)38-26-30-48(31-27-38)56(4,5)6)54-51(53-49)46-23-13-20-43(35-46)42-19-10-16-39(32-42)36-14-8-7-9-15-36/h7-35H,1-6H3. The first-order valence-corrected chi connectivity index (χ1v) is 26.4. The Balaban J connectivity index is 1.22. The Kier molecular flexibility index (Phi) is 10.1. The van der Waals surface area contributed by atoms with Gasteiger partial charge in [0.25, 0.3) is 0 Å². The molecule has 0 spiro atoms. The molecule has 0 amide bonds. The minimum atomic E-state index is -1.40. The zero-order valence-corrected chi connectivity index (χ0v) is 35.1. The van der Waals surface area contributed by atoms with Crippen molar-refractivity contribution in [2.24, 2.45) is 0 Å². The second-order valence-corrected chi connectivity index (χ2v) is 26.8. The normalized spacial score (nSPS) is 11.8. The van der Waals surface area contributed by atoms with Crippen molar-refractivity contribution < 1.29 is 0 Å². The highest BCUT2D eigenvalue weighted by Crippen LogP contribution is 2.33. The van der Waals surface area contributed by atoms with Crippen molar-refractivity contribution in [2.75, 3.05) is 0 Å². The molecular weight excluding hydrogens is 711 g/mol. The molecule has 56 heavy (non-hydrogen) atoms. The maximum absolute atomic E-state index is 5.18. The SMILES string of the molecule is C[Si](C)(C)c1ccc(-c2cccc(-c3nc(-c4cccc(-c5ccc([Si](C)(C)C)cc5)c4)nc(-c4cccc(-c5cccc(-c6ccccc6)c5)c4)n3)c2)cc1. The summed E-state index contributed by atoms with van der Waals surface area (Å²) in [6.07, 6.45) is 0. The van der Waals surface area contributed by atoms with Gasteiger partial charge in [-0.3, -0.25) is 0 Å². The van der Waals surface area contributed by atoms with Gasteiger partial charge in [-0.25, -0.2) is 15.0 Å². The minimum absolute atomic E-state index is 0.640. The third-order valence-electron chi connectivity index (χ3n) is 10.5. The van der Waals surface area contributed by atoms with Crippen molar-refractivity contribution in [1.29, 1.82) is 0 Å². The van der Waals surface area contributed by atoms with Gasteiger partial charge in [0.2, 0.25) is 0 Å². The van der Waals surface area contributed by atoms with Gasteiger partial charge in [0.1, 0.15) is 0 Å². The van der Waals surface area contributed by atoms with Gasteiger partial charge in [0.05, 0.1) is 16.1 Å². The molecule has 8 rings (SSSR count). The molecule has 0 aliphatic carbocycles. The Hall–Kier alpha value is -6.02. The topological polar surface area (TPSA) is 38.7 Å². The van der Waals surface area contributed by atoms with Gasteiger partial charge in [-0.1, -0.05) is 201 Å². The molecule has 8 aromatic rings. The molecule has 7 aromatic carbocycles. The van der Waals surface area contributed by atoms with Gasteiger partial charge in [0.15, 0.2) is 17.5 Å². The average Bonchev–Trinajstić information content (AvgIpc) is 3.23. The van der Waals surface area contributed by atoms with E-state index in [1.807, 2.05) is 0 Å². The second kappa shape index (κ2) is 15.3. The zero-order valence-electron chi connectivity index (χ0n) is 33.1. The van der Waals surface area contributed by atoms with Crippen LogP contribution in [0.4, 0.5) is 0 Å². The summed E-state index contributed by atoms with van der Waals surface area (Å²) in [6, 6.07) is 63.1. The second-order valence-electron chi connectivity index (χ2n) is 16.7. The van der Waals surface area contributed by atoms with Crippen molar-refractivity contribution >= 4 is 26.5 Å². The Morgan fingerprint density at radius 1 is 0.250 bits per heavy atom. The summed E-state index contributed by atoms with van der Waals surface area (Å²) in [6.45, 7) is 14.3. The first kappa shape index (κ1) is 36.9. The summed E-state index contributed by atoms with van der Waals surface area (Å²) >= 11 is 0. The molecule has 274 valence electrons. The van der Waals surface area contributed by atoms with Crippen LogP contribution in [-0.4, -0.2) is 31.1 Å². The Bertz CT molecular complexity index is 2520. The fraction of sp³-hybridized carbons (Fsp3) is 0.118. The van der Waals surface area contributed by atoms with Crippen LogP contribution in [0.25, 0.3) is 78.7 Å². The molecule has 0 aliphatic rings. The van der Waals surface area contributed by atoms with Crippen LogP contribution in [0.3, 0.4) is 0 Å². The van der Waals surface area contributed by atoms with E-state index < -0.39 is 16.1 Å². The van der Waals surface area contributed by atoms with Crippen molar-refractivity contribution in [3.05, 3.63) is 176 Å². The number of hydrogen-bond donors (Lipinski definition) is 0. The van der Waals surface area contributed by atoms with Crippen LogP contribution < -0.4 is 10.4 Å². The summed E-state index contributed by atoms with van der Waals surface area (Å²) in [4.78, 5) is 15.5. The third-order valence-corrected chi connectivity index (χ3v) is 14.6. The van der Waals surface area contributed by atoms with Gasteiger partial charge in [0, 0.05) is 16.7 Å². The van der Waals surface area contributed by atoms with Crippen molar-refractivity contribution in [1.82, 2.24) is 15.0 Å². The molecule has 3 nitrogen and oxygen atoms in total. The van der Waals surface area contributed by atoms with Crippen LogP contribution in [-0.2, 0) is 0 Å². The monoisotopic (exact) mass is 757 g/mol. The summed E-state index contributed by atoms with van der Waals surface area (Å²) in [5.74, 6) is 1.93. The zero-order chi connectivity index (χ0) is 38.9. The van der Waals surface area contributed by atoms with Crippen molar-refractivity contribution in [3.63, 3.8) is 0 Å². The van der Waals surface area contributed by atoms with Gasteiger partial charge < -0.3 is 0 Å². The van der Waals surface area contributed by atoms with E-state index in [2.05, 4.69) is 215 Å². The molecule has 0 bridgehead atoms. The molecule has 0 atom stereocenters. The molecule has 0 radical (unpaired) electrons. The van der Waals surface area contributed by atoms with E-state index in [-0.39, 0.29) is 0 Å². The first-order valence-electron chi connectivity index (χ1n) is 19.4. The highest BCUT2D eigenvalue weighted by Gasteiger charge is 2.18. The third kappa shape index (κ3) is 8.15. The molecule has 1 aromatic heterocycles. The smallest absolute Gasteiger partial charge is 0.164 e. The lowest BCUT2D eigenvalue weighted by Crippen LogP contribution is -2.37. The molecule has 0 saturated carbocycles. The van der Waals surface area contributed by atoms with Gasteiger partial charge in [-0.2, -0.15) is 0 Å². The lowest BCUT2D eigenvalue weighted by molar-refractivity contribution is 1.07. The van der Waals surface area contributed by atoms with Gasteiger partial charge in [-0.05, 0) is 68.8 Å². The predicted molar refractivity (Wildman–Crippen MR) is 244 cm³/mol. The van der Waals surface area contributed by atoms with Crippen molar-refractivity contribution in [2.45, 2.75) is 39.3 Å². The maximum atomic E-state index is 5.18. The van der Waals surface area contributed by atoms with E-state index in [1.165, 1.54) is 32.6 Å². The Labute approximate surface area is 333 Å². The Morgan fingerprint density at radius 3 is 0.821 bits per heavy atom. The van der Waals surface area contributed by atoms with E-state index in [1.54, 1.807) is 0 Å². The quantitative estimate of drug-likeness (QED) is 0.138. The van der Waals surface area contributed by atoms with Crippen LogP contribution in [0.1, 0.15) is 0 Å². The highest BCUT2D eigenvalue weighted by atomic mass is 28.3. The predicted octanol–water partition coefficient (Wildman–Crippen LogP) is 12.6. The van der Waals surface area contributed by atoms with E-state index in [4.69, 9.17) is 15.0 Å². The van der Waals surface area contributed by atoms with Crippen LogP contribution in [0, 0.1) is 0 Å². The number of rotatable bonds is 9. The van der Waals surface area contributed by atoms with Gasteiger partial charge >= 0.3 is 0 Å². The van der Waals surface area contributed by atoms with Crippen molar-refractivity contribution in [3.8, 4) is 78.7 Å². The lowest BCUT2D eigenvalue weighted by atomic mass is 9.98. The van der Waals surface area contributed by atoms with Gasteiger partial charge in [-0.15, -0.1) is 0 Å². The average molecular weight is 758 g/mol. The van der Waals surface area contributed by atoms with Crippen LogP contribution in [0.15, 0.2) is 176 Å². The lowest BCUT2D eigenvalue weighted by Gasteiger charge is -2.17. The molecule has 0 saturated heterocycles. The van der Waals surface area contributed by atoms with E-state index in [0.717, 1.165) is 38.9 Å². The van der Waals surface area contributed by atoms with E-state index >= 15 is 0 Å². The summed E-state index contributed by atoms with van der Waals surface area (Å²) < 4.78 is 0. The fourth-order valence-electron chi connectivity index (χ4n) is 7.11. The summed E-state index contributed by atoms with van der Waals surface area (Å²) in [5.41, 5.74) is 12.1. The van der Waals surface area contributed by atoms with Crippen LogP contribution >= 0.6 is 0 Å². The number of aromatic nitrogens is 3. The van der Waals surface area contributed by atoms with Crippen LogP contribution in [0.2, 0.25) is 39.3 Å². The molecule has 0 aliphatic heterocycles. The number of hydrogen-bond acceptors (Lipinski definition) is 3. The van der Waals surface area contributed by atoms with E-state index in [0.29, 0.717) is 17.5 Å². The fourth-order valence-corrected chi connectivity index (χ4v) is 9.44. The summed E-state index contributed by atoms with van der Waals surface area (Å²) in [7, 11) is -2.81. The first-order chi connectivity index (χ1) is 27.0. The maximum Gasteiger partial charge on any atom is 0.164 e. The largest absolute Gasteiger partial charge is 0.208 e. The van der Waals surface area contributed by atoms with E-state index in [9.17, 15) is 0 Å². The Morgan fingerprint density at radius 2 is 0.500 bits per heavy atom. The molecule has 1 heterocycles. The highest BCUT2D eigenvalue weighted by molar-refractivity contribution is 6.89. The number of nitrogens with zero attached hydrogens (tertiary/aromatic N) is 3. The minimum Gasteiger partial charge on any atom is -0.208 e. The molecule has 5 heteroatoms. The molecule has 0 fully saturated rings. The summed E-state index contributed by atoms with van der Waals surface area (Å²) in [5, 5.41) is 2.90. The van der Waals surface area contributed by atoms with Crippen LogP contribution in [0.5, 0.6) is 0 Å². The molecular formula is C51H47N3Si2.